The maximum atomic E-state index is 8.79. The van der Waals surface area contributed by atoms with E-state index < -0.39 is 0 Å². The van der Waals surface area contributed by atoms with E-state index in [-0.39, 0.29) is 6.61 Å². The summed E-state index contributed by atoms with van der Waals surface area (Å²) < 4.78 is 10.2. The Labute approximate surface area is 88.2 Å². The van der Waals surface area contributed by atoms with Gasteiger partial charge in [0.1, 0.15) is 0 Å². The van der Waals surface area contributed by atoms with Crippen LogP contribution in [0.3, 0.4) is 0 Å². The largest absolute Gasteiger partial charge is 0.493 e. The molecule has 0 heterocycles. The molecule has 0 atom stereocenters. The highest BCUT2D eigenvalue weighted by atomic mass is 35.5. The molecule has 0 aromatic heterocycles. The van der Waals surface area contributed by atoms with E-state index in [2.05, 4.69) is 0 Å². The topological polar surface area (TPSA) is 38.7 Å². The van der Waals surface area contributed by atoms with Crippen LogP contribution in [0.1, 0.15) is 5.56 Å². The fourth-order valence-electron chi connectivity index (χ4n) is 1.24. The van der Waals surface area contributed by atoms with Crippen molar-refractivity contribution in [3.05, 3.63) is 22.7 Å². The molecule has 78 valence electrons. The maximum Gasteiger partial charge on any atom is 0.179 e. The van der Waals surface area contributed by atoms with Crippen LogP contribution in [0.5, 0.6) is 11.5 Å². The lowest BCUT2D eigenvalue weighted by atomic mass is 10.1. The van der Waals surface area contributed by atoms with Crippen molar-refractivity contribution in [2.75, 3.05) is 20.8 Å². The summed E-state index contributed by atoms with van der Waals surface area (Å²) in [5.74, 6) is 1.11. The molecular formula is C10H13ClO3. The maximum absolute atomic E-state index is 8.79. The van der Waals surface area contributed by atoms with Crippen LogP contribution >= 0.6 is 11.6 Å². The van der Waals surface area contributed by atoms with Crippen molar-refractivity contribution in [1.29, 1.82) is 0 Å². The molecular weight excluding hydrogens is 204 g/mol. The molecule has 0 bridgehead atoms. The molecule has 0 amide bonds. The zero-order valence-electron chi connectivity index (χ0n) is 8.21. The SMILES string of the molecule is COc1cc(CCO)cc(Cl)c1OC. The lowest BCUT2D eigenvalue weighted by Crippen LogP contribution is -1.96. The lowest BCUT2D eigenvalue weighted by Gasteiger charge is -2.11. The van der Waals surface area contributed by atoms with Gasteiger partial charge in [0.05, 0.1) is 19.2 Å². The van der Waals surface area contributed by atoms with E-state index in [0.717, 1.165) is 5.56 Å². The van der Waals surface area contributed by atoms with E-state index in [4.69, 9.17) is 26.2 Å². The smallest absolute Gasteiger partial charge is 0.179 e. The van der Waals surface area contributed by atoms with E-state index in [1.807, 2.05) is 0 Å². The normalized spacial score (nSPS) is 10.0. The quantitative estimate of drug-likeness (QED) is 0.836. The van der Waals surface area contributed by atoms with Crippen molar-refractivity contribution in [3.63, 3.8) is 0 Å². The number of benzene rings is 1. The van der Waals surface area contributed by atoms with Crippen molar-refractivity contribution < 1.29 is 14.6 Å². The standard InChI is InChI=1S/C10H13ClO3/c1-13-9-6-7(3-4-12)5-8(11)10(9)14-2/h5-6,12H,3-4H2,1-2H3. The van der Waals surface area contributed by atoms with Gasteiger partial charge in [-0.1, -0.05) is 11.6 Å². The van der Waals surface area contributed by atoms with Crippen molar-refractivity contribution in [2.24, 2.45) is 0 Å². The molecule has 1 N–H and O–H groups in total. The summed E-state index contributed by atoms with van der Waals surface area (Å²) in [6, 6.07) is 3.57. The third-order valence-corrected chi connectivity index (χ3v) is 2.17. The lowest BCUT2D eigenvalue weighted by molar-refractivity contribution is 0.299. The minimum Gasteiger partial charge on any atom is -0.493 e. The van der Waals surface area contributed by atoms with Gasteiger partial charge in [-0.3, -0.25) is 0 Å². The van der Waals surface area contributed by atoms with Crippen LogP contribution in [0, 0.1) is 0 Å². The van der Waals surface area contributed by atoms with Crippen LogP contribution in [0.4, 0.5) is 0 Å². The van der Waals surface area contributed by atoms with E-state index in [9.17, 15) is 0 Å². The highest BCUT2D eigenvalue weighted by molar-refractivity contribution is 6.32. The van der Waals surface area contributed by atoms with Gasteiger partial charge < -0.3 is 14.6 Å². The van der Waals surface area contributed by atoms with Crippen LogP contribution in [0.15, 0.2) is 12.1 Å². The molecule has 4 heteroatoms. The second-order valence-electron chi connectivity index (χ2n) is 2.79. The Kier molecular flexibility index (Phi) is 4.04. The number of hydrogen-bond donors (Lipinski definition) is 1. The predicted octanol–water partition coefficient (Wildman–Crippen LogP) is 1.89. The monoisotopic (exact) mass is 216 g/mol. The minimum absolute atomic E-state index is 0.0891. The van der Waals surface area contributed by atoms with E-state index in [1.165, 1.54) is 7.11 Å². The second-order valence-corrected chi connectivity index (χ2v) is 3.19. The summed E-state index contributed by atoms with van der Waals surface area (Å²) in [7, 11) is 3.09. The fourth-order valence-corrected chi connectivity index (χ4v) is 1.56. The van der Waals surface area contributed by atoms with Crippen LogP contribution in [-0.2, 0) is 6.42 Å². The summed E-state index contributed by atoms with van der Waals surface area (Å²) in [6.07, 6.45) is 0.556. The first-order chi connectivity index (χ1) is 6.72. The molecule has 1 aromatic carbocycles. The van der Waals surface area contributed by atoms with Crippen molar-refractivity contribution in [2.45, 2.75) is 6.42 Å². The number of aliphatic hydroxyl groups is 1. The number of rotatable bonds is 4. The Balaban J connectivity index is 3.10. The summed E-state index contributed by atoms with van der Waals surface area (Å²) in [6.45, 7) is 0.0891. The van der Waals surface area contributed by atoms with Gasteiger partial charge in [0.25, 0.3) is 0 Å². The van der Waals surface area contributed by atoms with E-state index in [0.29, 0.717) is 22.9 Å². The first-order valence-corrected chi connectivity index (χ1v) is 4.62. The molecule has 0 unspecified atom stereocenters. The fraction of sp³-hybridized carbons (Fsp3) is 0.400. The highest BCUT2D eigenvalue weighted by Gasteiger charge is 2.10. The van der Waals surface area contributed by atoms with Crippen molar-refractivity contribution in [3.8, 4) is 11.5 Å². The van der Waals surface area contributed by atoms with Gasteiger partial charge in [-0.15, -0.1) is 0 Å². The number of ether oxygens (including phenoxy) is 2. The average molecular weight is 217 g/mol. The van der Waals surface area contributed by atoms with Crippen molar-refractivity contribution in [1.82, 2.24) is 0 Å². The van der Waals surface area contributed by atoms with Gasteiger partial charge in [0.2, 0.25) is 0 Å². The van der Waals surface area contributed by atoms with Gasteiger partial charge in [-0.2, -0.15) is 0 Å². The first-order valence-electron chi connectivity index (χ1n) is 4.24. The zero-order valence-corrected chi connectivity index (χ0v) is 8.97. The molecule has 0 spiro atoms. The summed E-state index contributed by atoms with van der Waals surface area (Å²) in [4.78, 5) is 0. The molecule has 0 aliphatic rings. The molecule has 3 nitrogen and oxygen atoms in total. The Hall–Kier alpha value is -0.930. The molecule has 0 aliphatic heterocycles. The molecule has 1 aromatic rings. The second kappa shape index (κ2) is 5.08. The minimum atomic E-state index is 0.0891. The third-order valence-electron chi connectivity index (χ3n) is 1.89. The highest BCUT2D eigenvalue weighted by Crippen LogP contribution is 2.35. The molecule has 1 rings (SSSR count). The van der Waals surface area contributed by atoms with Crippen molar-refractivity contribution >= 4 is 11.6 Å². The number of halogens is 1. The summed E-state index contributed by atoms with van der Waals surface area (Å²) in [5.41, 5.74) is 0.926. The van der Waals surface area contributed by atoms with E-state index in [1.54, 1.807) is 19.2 Å². The Morgan fingerprint density at radius 2 is 2.00 bits per heavy atom. The Bertz CT molecular complexity index is 312. The summed E-state index contributed by atoms with van der Waals surface area (Å²) in [5, 5.41) is 9.28. The summed E-state index contributed by atoms with van der Waals surface area (Å²) >= 11 is 5.96. The van der Waals surface area contributed by atoms with Gasteiger partial charge in [0.15, 0.2) is 11.5 Å². The van der Waals surface area contributed by atoms with E-state index >= 15 is 0 Å². The number of methoxy groups -OCH3 is 2. The molecule has 14 heavy (non-hydrogen) atoms. The Morgan fingerprint density at radius 1 is 1.29 bits per heavy atom. The third kappa shape index (κ3) is 2.30. The first kappa shape index (κ1) is 11.1. The van der Waals surface area contributed by atoms with Gasteiger partial charge in [0, 0.05) is 6.61 Å². The van der Waals surface area contributed by atoms with Crippen LogP contribution in [0.25, 0.3) is 0 Å². The van der Waals surface area contributed by atoms with Crippen LogP contribution in [0.2, 0.25) is 5.02 Å². The Morgan fingerprint density at radius 3 is 2.50 bits per heavy atom. The van der Waals surface area contributed by atoms with Gasteiger partial charge in [-0.05, 0) is 24.1 Å². The predicted molar refractivity (Wildman–Crippen MR) is 55.3 cm³/mol. The van der Waals surface area contributed by atoms with Crippen LogP contribution < -0.4 is 9.47 Å². The van der Waals surface area contributed by atoms with Gasteiger partial charge >= 0.3 is 0 Å². The number of aliphatic hydroxyl groups excluding tert-OH is 1. The molecule has 0 radical (unpaired) electrons. The number of hydrogen-bond acceptors (Lipinski definition) is 3. The zero-order chi connectivity index (χ0) is 10.6. The molecule has 0 fully saturated rings. The molecule has 0 aliphatic carbocycles. The van der Waals surface area contributed by atoms with Crippen LogP contribution in [-0.4, -0.2) is 25.9 Å². The van der Waals surface area contributed by atoms with Gasteiger partial charge in [-0.25, -0.2) is 0 Å². The molecule has 0 saturated carbocycles. The average Bonchev–Trinajstić information content (AvgIpc) is 2.17. The molecule has 0 saturated heterocycles.